The Hall–Kier alpha value is -2.83. The van der Waals surface area contributed by atoms with E-state index in [1.165, 1.54) is 11.3 Å². The van der Waals surface area contributed by atoms with Crippen molar-refractivity contribution in [1.29, 1.82) is 0 Å². The maximum absolute atomic E-state index is 12.6. The van der Waals surface area contributed by atoms with Gasteiger partial charge >= 0.3 is 5.97 Å². The Morgan fingerprint density at radius 1 is 1.13 bits per heavy atom. The lowest BCUT2D eigenvalue weighted by atomic mass is 10.0. The van der Waals surface area contributed by atoms with Gasteiger partial charge in [-0.1, -0.05) is 35.9 Å². The number of esters is 1. The molecule has 3 aromatic rings. The Kier molecular flexibility index (Phi) is 8.09. The second-order valence-corrected chi connectivity index (χ2v) is 8.21. The molecule has 2 aromatic carbocycles. The Balaban J connectivity index is 1.65. The smallest absolute Gasteiger partial charge is 0.341 e. The van der Waals surface area contributed by atoms with Crippen LogP contribution in [0.2, 0.25) is 5.02 Å². The number of amides is 1. The number of ether oxygens (including phenoxy) is 2. The first kappa shape index (κ1) is 22.8. The Morgan fingerprint density at radius 3 is 2.61 bits per heavy atom. The van der Waals surface area contributed by atoms with E-state index < -0.39 is 5.97 Å². The predicted octanol–water partition coefficient (Wildman–Crippen LogP) is 6.35. The molecule has 0 aliphatic carbocycles. The minimum absolute atomic E-state index is 0.178. The Morgan fingerprint density at radius 2 is 1.90 bits per heavy atom. The van der Waals surface area contributed by atoms with Crippen molar-refractivity contribution in [2.45, 2.75) is 26.7 Å². The van der Waals surface area contributed by atoms with Crippen molar-refractivity contribution >= 4 is 39.8 Å². The number of thiophene rings is 1. The molecule has 0 spiro atoms. The van der Waals surface area contributed by atoms with Crippen LogP contribution in [0.5, 0.6) is 5.75 Å². The first-order valence-electron chi connectivity index (χ1n) is 10.0. The van der Waals surface area contributed by atoms with E-state index in [2.05, 4.69) is 5.32 Å². The van der Waals surface area contributed by atoms with Gasteiger partial charge in [-0.3, -0.25) is 4.79 Å². The van der Waals surface area contributed by atoms with Crippen LogP contribution in [-0.4, -0.2) is 25.1 Å². The third-order valence-corrected chi connectivity index (χ3v) is 5.63. The standard InChI is InChI=1S/C24H24ClNO4S/c1-3-29-24(28)22-20(17-9-11-18(25)12-10-17)15-31-23(22)26-21(27)8-5-13-30-19-7-4-6-16(2)14-19/h4,6-7,9-12,14-15H,3,5,8,13H2,1-2H3,(H,26,27). The van der Waals surface area contributed by atoms with Crippen molar-refractivity contribution < 1.29 is 19.1 Å². The van der Waals surface area contributed by atoms with Gasteiger partial charge in [-0.25, -0.2) is 4.79 Å². The molecular formula is C24H24ClNO4S. The van der Waals surface area contributed by atoms with Gasteiger partial charge in [0, 0.05) is 22.4 Å². The molecule has 0 fully saturated rings. The van der Waals surface area contributed by atoms with E-state index in [9.17, 15) is 9.59 Å². The fourth-order valence-electron chi connectivity index (χ4n) is 3.01. The van der Waals surface area contributed by atoms with Gasteiger partial charge < -0.3 is 14.8 Å². The van der Waals surface area contributed by atoms with Crippen LogP contribution in [-0.2, 0) is 9.53 Å². The summed E-state index contributed by atoms with van der Waals surface area (Å²) in [5.74, 6) is 0.144. The minimum Gasteiger partial charge on any atom is -0.494 e. The van der Waals surface area contributed by atoms with Gasteiger partial charge in [-0.15, -0.1) is 11.3 Å². The lowest BCUT2D eigenvalue weighted by molar-refractivity contribution is -0.116. The summed E-state index contributed by atoms with van der Waals surface area (Å²) >= 11 is 7.27. The van der Waals surface area contributed by atoms with Crippen molar-refractivity contribution in [3.05, 3.63) is 70.1 Å². The molecule has 5 nitrogen and oxygen atoms in total. The van der Waals surface area contributed by atoms with E-state index in [1.54, 1.807) is 19.1 Å². The zero-order valence-corrected chi connectivity index (χ0v) is 19.0. The van der Waals surface area contributed by atoms with E-state index in [0.29, 0.717) is 34.2 Å². The van der Waals surface area contributed by atoms with E-state index in [0.717, 1.165) is 16.9 Å². The number of carbonyl (C=O) groups excluding carboxylic acids is 2. The third kappa shape index (κ3) is 6.32. The van der Waals surface area contributed by atoms with Crippen LogP contribution in [0.4, 0.5) is 5.00 Å². The van der Waals surface area contributed by atoms with Gasteiger partial charge in [0.1, 0.15) is 16.3 Å². The second kappa shape index (κ2) is 11.0. The molecule has 7 heteroatoms. The monoisotopic (exact) mass is 457 g/mol. The molecular weight excluding hydrogens is 434 g/mol. The van der Waals surface area contributed by atoms with Crippen molar-refractivity contribution in [1.82, 2.24) is 0 Å². The van der Waals surface area contributed by atoms with Gasteiger partial charge in [0.25, 0.3) is 0 Å². The molecule has 3 rings (SSSR count). The van der Waals surface area contributed by atoms with Gasteiger partial charge in [-0.05, 0) is 55.7 Å². The summed E-state index contributed by atoms with van der Waals surface area (Å²) in [5.41, 5.74) is 3.02. The maximum Gasteiger partial charge on any atom is 0.341 e. The highest BCUT2D eigenvalue weighted by Crippen LogP contribution is 2.36. The molecule has 0 saturated carbocycles. The molecule has 31 heavy (non-hydrogen) atoms. The van der Waals surface area contributed by atoms with Crippen LogP contribution >= 0.6 is 22.9 Å². The van der Waals surface area contributed by atoms with Crippen molar-refractivity contribution in [2.24, 2.45) is 0 Å². The molecule has 0 radical (unpaired) electrons. The molecule has 0 bridgehead atoms. The maximum atomic E-state index is 12.6. The van der Waals surface area contributed by atoms with Crippen molar-refractivity contribution in [2.75, 3.05) is 18.5 Å². The molecule has 0 atom stereocenters. The summed E-state index contributed by atoms with van der Waals surface area (Å²) in [5, 5.41) is 5.78. The quantitative estimate of drug-likeness (QED) is 0.300. The van der Waals surface area contributed by atoms with Gasteiger partial charge in [0.2, 0.25) is 5.91 Å². The Labute approximate surface area is 191 Å². The topological polar surface area (TPSA) is 64.6 Å². The number of carbonyl (C=O) groups is 2. The highest BCUT2D eigenvalue weighted by atomic mass is 35.5. The highest BCUT2D eigenvalue weighted by molar-refractivity contribution is 7.15. The molecule has 0 saturated heterocycles. The zero-order valence-electron chi connectivity index (χ0n) is 17.4. The third-order valence-electron chi connectivity index (χ3n) is 4.49. The zero-order chi connectivity index (χ0) is 22.2. The summed E-state index contributed by atoms with van der Waals surface area (Å²) in [6.45, 7) is 4.43. The molecule has 1 heterocycles. The number of anilines is 1. The van der Waals surface area contributed by atoms with Gasteiger partial charge in [-0.2, -0.15) is 0 Å². The summed E-state index contributed by atoms with van der Waals surface area (Å²) in [6.07, 6.45) is 0.839. The van der Waals surface area contributed by atoms with Crippen LogP contribution in [0, 0.1) is 6.92 Å². The SMILES string of the molecule is CCOC(=O)c1c(-c2ccc(Cl)cc2)csc1NC(=O)CCCOc1cccc(C)c1. The van der Waals surface area contributed by atoms with E-state index in [1.807, 2.05) is 48.7 Å². The fraction of sp³-hybridized carbons (Fsp3) is 0.250. The molecule has 1 amide bonds. The molecule has 1 aromatic heterocycles. The fourth-order valence-corrected chi connectivity index (χ4v) is 4.11. The number of hydrogen-bond acceptors (Lipinski definition) is 5. The lowest BCUT2D eigenvalue weighted by Crippen LogP contribution is -2.15. The number of aryl methyl sites for hydroxylation is 1. The van der Waals surface area contributed by atoms with Crippen molar-refractivity contribution in [3.63, 3.8) is 0 Å². The largest absolute Gasteiger partial charge is 0.494 e. The average molecular weight is 458 g/mol. The normalized spacial score (nSPS) is 10.5. The van der Waals surface area contributed by atoms with Crippen LogP contribution < -0.4 is 10.1 Å². The first-order chi connectivity index (χ1) is 15.0. The first-order valence-corrected chi connectivity index (χ1v) is 11.3. The number of halogens is 1. The molecule has 1 N–H and O–H groups in total. The molecule has 0 unspecified atom stereocenters. The van der Waals surface area contributed by atoms with E-state index in [4.69, 9.17) is 21.1 Å². The second-order valence-electron chi connectivity index (χ2n) is 6.90. The summed E-state index contributed by atoms with van der Waals surface area (Å²) < 4.78 is 10.9. The van der Waals surface area contributed by atoms with Crippen molar-refractivity contribution in [3.8, 4) is 16.9 Å². The number of rotatable bonds is 9. The lowest BCUT2D eigenvalue weighted by Gasteiger charge is -2.09. The summed E-state index contributed by atoms with van der Waals surface area (Å²) in [4.78, 5) is 25.1. The average Bonchev–Trinajstić information content (AvgIpc) is 3.15. The summed E-state index contributed by atoms with van der Waals surface area (Å²) in [6, 6.07) is 15.0. The summed E-state index contributed by atoms with van der Waals surface area (Å²) in [7, 11) is 0. The van der Waals surface area contributed by atoms with Crippen LogP contribution in [0.25, 0.3) is 11.1 Å². The molecule has 0 aliphatic heterocycles. The minimum atomic E-state index is -0.466. The van der Waals surface area contributed by atoms with Crippen LogP contribution in [0.3, 0.4) is 0 Å². The van der Waals surface area contributed by atoms with Gasteiger partial charge in [0.05, 0.1) is 13.2 Å². The number of hydrogen-bond donors (Lipinski definition) is 1. The molecule has 0 aliphatic rings. The highest BCUT2D eigenvalue weighted by Gasteiger charge is 2.22. The van der Waals surface area contributed by atoms with Gasteiger partial charge in [0.15, 0.2) is 0 Å². The van der Waals surface area contributed by atoms with E-state index >= 15 is 0 Å². The molecule has 162 valence electrons. The van der Waals surface area contributed by atoms with E-state index in [-0.39, 0.29) is 18.9 Å². The number of benzene rings is 2. The van der Waals surface area contributed by atoms with Crippen LogP contribution in [0.15, 0.2) is 53.9 Å². The Bertz CT molecular complexity index is 1050. The van der Waals surface area contributed by atoms with Crippen LogP contribution in [0.1, 0.15) is 35.7 Å². The number of nitrogens with one attached hydrogen (secondary N) is 1. The predicted molar refractivity (Wildman–Crippen MR) is 125 cm³/mol.